The molecule has 23 heavy (non-hydrogen) atoms. The van der Waals surface area contributed by atoms with E-state index in [1.54, 1.807) is 6.07 Å². The highest BCUT2D eigenvalue weighted by atomic mass is 16.5. The Morgan fingerprint density at radius 3 is 2.48 bits per heavy atom. The van der Waals surface area contributed by atoms with Gasteiger partial charge in [-0.15, -0.1) is 0 Å². The Morgan fingerprint density at radius 1 is 1.13 bits per heavy atom. The second-order valence-electron chi connectivity index (χ2n) is 6.05. The summed E-state index contributed by atoms with van der Waals surface area (Å²) in [6.45, 7) is 8.77. The Balaban J connectivity index is 2.43. The molecule has 1 rings (SSSR count). The van der Waals surface area contributed by atoms with Crippen molar-refractivity contribution in [3.8, 4) is 5.75 Å². The summed E-state index contributed by atoms with van der Waals surface area (Å²) in [7, 11) is 0. The van der Waals surface area contributed by atoms with Crippen molar-refractivity contribution in [3.63, 3.8) is 0 Å². The molecule has 0 saturated heterocycles. The van der Waals surface area contributed by atoms with Crippen LogP contribution in [0.4, 0.5) is 10.5 Å². The molecule has 0 fully saturated rings. The summed E-state index contributed by atoms with van der Waals surface area (Å²) in [5, 5.41) is 8.17. The summed E-state index contributed by atoms with van der Waals surface area (Å²) in [6, 6.07) is 7.02. The number of urea groups is 1. The summed E-state index contributed by atoms with van der Waals surface area (Å²) in [5.74, 6) is 0.950. The quantitative estimate of drug-likeness (QED) is 0.689. The Morgan fingerprint density at radius 2 is 1.83 bits per heavy atom. The van der Waals surface area contributed by atoms with Crippen LogP contribution in [0.3, 0.4) is 0 Å². The summed E-state index contributed by atoms with van der Waals surface area (Å²) in [6.07, 6.45) is 0.247. The number of ether oxygens (including phenoxy) is 1. The van der Waals surface area contributed by atoms with E-state index in [2.05, 4.69) is 29.8 Å². The fourth-order valence-corrected chi connectivity index (χ4v) is 1.80. The number of carbonyl (C=O) groups excluding carboxylic acids is 2. The van der Waals surface area contributed by atoms with Gasteiger partial charge in [-0.3, -0.25) is 4.79 Å². The van der Waals surface area contributed by atoms with Crippen molar-refractivity contribution in [2.45, 2.75) is 40.2 Å². The molecule has 3 amide bonds. The third-order valence-corrected chi connectivity index (χ3v) is 2.79. The zero-order valence-electron chi connectivity index (χ0n) is 14.3. The smallest absolute Gasteiger partial charge is 0.319 e. The van der Waals surface area contributed by atoms with Gasteiger partial charge < -0.3 is 20.7 Å². The lowest BCUT2D eigenvalue weighted by Crippen LogP contribution is -2.35. The van der Waals surface area contributed by atoms with Gasteiger partial charge in [-0.2, -0.15) is 0 Å². The van der Waals surface area contributed by atoms with E-state index in [1.165, 1.54) is 0 Å². The molecule has 0 aliphatic rings. The second-order valence-corrected chi connectivity index (χ2v) is 6.05. The number of amides is 3. The van der Waals surface area contributed by atoms with Gasteiger partial charge in [0.05, 0.1) is 12.3 Å². The van der Waals surface area contributed by atoms with E-state index in [0.717, 1.165) is 0 Å². The van der Waals surface area contributed by atoms with Crippen molar-refractivity contribution in [2.75, 3.05) is 18.5 Å². The Hall–Kier alpha value is -2.24. The first-order valence-electron chi connectivity index (χ1n) is 7.94. The topological polar surface area (TPSA) is 79.5 Å². The van der Waals surface area contributed by atoms with Gasteiger partial charge in [0.25, 0.3) is 0 Å². The molecule has 128 valence electrons. The molecule has 0 atom stereocenters. The van der Waals surface area contributed by atoms with E-state index < -0.39 is 0 Å². The maximum Gasteiger partial charge on any atom is 0.319 e. The molecule has 6 heteroatoms. The summed E-state index contributed by atoms with van der Waals surface area (Å²) < 4.78 is 5.68. The van der Waals surface area contributed by atoms with Gasteiger partial charge in [-0.25, -0.2) is 4.79 Å². The monoisotopic (exact) mass is 321 g/mol. The Kier molecular flexibility index (Phi) is 7.94. The van der Waals surface area contributed by atoms with Gasteiger partial charge in [0.15, 0.2) is 0 Å². The molecular formula is C17H27N3O3. The van der Waals surface area contributed by atoms with Crippen LogP contribution in [0.5, 0.6) is 5.75 Å². The van der Waals surface area contributed by atoms with E-state index in [-0.39, 0.29) is 30.9 Å². The SMILES string of the molecule is CC(C)COc1ccccc1NC(=O)NCCC(=O)NC(C)C. The van der Waals surface area contributed by atoms with E-state index in [4.69, 9.17) is 4.74 Å². The number of hydrogen-bond donors (Lipinski definition) is 3. The van der Waals surface area contributed by atoms with Crippen molar-refractivity contribution in [2.24, 2.45) is 5.92 Å². The maximum absolute atomic E-state index is 11.9. The first-order chi connectivity index (χ1) is 10.9. The zero-order chi connectivity index (χ0) is 17.2. The van der Waals surface area contributed by atoms with Gasteiger partial charge in [0, 0.05) is 19.0 Å². The van der Waals surface area contributed by atoms with Crippen LogP contribution in [-0.2, 0) is 4.79 Å². The number of carbonyl (C=O) groups is 2. The first-order valence-corrected chi connectivity index (χ1v) is 7.94. The highest BCUT2D eigenvalue weighted by Crippen LogP contribution is 2.24. The lowest BCUT2D eigenvalue weighted by Gasteiger charge is -2.14. The van der Waals surface area contributed by atoms with Crippen LogP contribution in [0.1, 0.15) is 34.1 Å². The van der Waals surface area contributed by atoms with Crippen LogP contribution in [0.25, 0.3) is 0 Å². The van der Waals surface area contributed by atoms with E-state index in [9.17, 15) is 9.59 Å². The molecule has 0 saturated carbocycles. The normalized spacial score (nSPS) is 10.5. The third kappa shape index (κ3) is 8.09. The molecule has 0 aliphatic heterocycles. The Bertz CT molecular complexity index is 516. The van der Waals surface area contributed by atoms with Crippen molar-refractivity contribution < 1.29 is 14.3 Å². The number of hydrogen-bond acceptors (Lipinski definition) is 3. The molecule has 0 radical (unpaired) electrons. The summed E-state index contributed by atoms with van der Waals surface area (Å²) in [5.41, 5.74) is 0.609. The third-order valence-electron chi connectivity index (χ3n) is 2.79. The maximum atomic E-state index is 11.9. The molecular weight excluding hydrogens is 294 g/mol. The lowest BCUT2D eigenvalue weighted by molar-refractivity contribution is -0.121. The Labute approximate surface area is 138 Å². The molecule has 0 heterocycles. The summed E-state index contributed by atoms with van der Waals surface area (Å²) >= 11 is 0. The molecule has 0 spiro atoms. The van der Waals surface area contributed by atoms with Gasteiger partial charge in [0.1, 0.15) is 5.75 Å². The number of rotatable bonds is 8. The number of anilines is 1. The second kappa shape index (κ2) is 9.71. The molecule has 0 bridgehead atoms. The van der Waals surface area contributed by atoms with Crippen molar-refractivity contribution in [1.29, 1.82) is 0 Å². The molecule has 0 unspecified atom stereocenters. The van der Waals surface area contributed by atoms with Crippen LogP contribution in [0, 0.1) is 5.92 Å². The molecule has 1 aromatic rings. The average Bonchev–Trinajstić information content (AvgIpc) is 2.45. The predicted octanol–water partition coefficient (Wildman–Crippen LogP) is 2.76. The molecule has 6 nitrogen and oxygen atoms in total. The van der Waals surface area contributed by atoms with Crippen LogP contribution in [0.15, 0.2) is 24.3 Å². The highest BCUT2D eigenvalue weighted by molar-refractivity contribution is 5.91. The van der Waals surface area contributed by atoms with Gasteiger partial charge in [-0.1, -0.05) is 26.0 Å². The summed E-state index contributed by atoms with van der Waals surface area (Å²) in [4.78, 5) is 23.4. The molecule has 0 aliphatic carbocycles. The van der Waals surface area contributed by atoms with Crippen molar-refractivity contribution >= 4 is 17.6 Å². The van der Waals surface area contributed by atoms with Gasteiger partial charge in [0.2, 0.25) is 5.91 Å². The lowest BCUT2D eigenvalue weighted by atomic mass is 10.2. The number of benzene rings is 1. The number of para-hydroxylation sites is 2. The van der Waals surface area contributed by atoms with Crippen LogP contribution >= 0.6 is 0 Å². The van der Waals surface area contributed by atoms with Crippen molar-refractivity contribution in [1.82, 2.24) is 10.6 Å². The molecule has 1 aromatic carbocycles. The largest absolute Gasteiger partial charge is 0.491 e. The number of nitrogens with one attached hydrogen (secondary N) is 3. The standard InChI is InChI=1S/C17H27N3O3/c1-12(2)11-23-15-8-6-5-7-14(15)20-17(22)18-10-9-16(21)19-13(3)4/h5-8,12-13H,9-11H2,1-4H3,(H,19,21)(H2,18,20,22). The van der Waals surface area contributed by atoms with Crippen molar-refractivity contribution in [3.05, 3.63) is 24.3 Å². The van der Waals surface area contributed by atoms with Gasteiger partial charge in [-0.05, 0) is 31.9 Å². The van der Waals surface area contributed by atoms with E-state index in [1.807, 2.05) is 32.0 Å². The molecule has 3 N–H and O–H groups in total. The zero-order valence-corrected chi connectivity index (χ0v) is 14.3. The van der Waals surface area contributed by atoms with Crippen LogP contribution < -0.4 is 20.7 Å². The minimum Gasteiger partial charge on any atom is -0.491 e. The molecule has 0 aromatic heterocycles. The minimum atomic E-state index is -0.358. The van der Waals surface area contributed by atoms with Crippen LogP contribution in [-0.4, -0.2) is 31.1 Å². The van der Waals surface area contributed by atoms with Gasteiger partial charge >= 0.3 is 6.03 Å². The first kappa shape index (κ1) is 18.8. The van der Waals surface area contributed by atoms with E-state index in [0.29, 0.717) is 24.0 Å². The van der Waals surface area contributed by atoms with E-state index >= 15 is 0 Å². The van der Waals surface area contributed by atoms with Crippen LogP contribution in [0.2, 0.25) is 0 Å². The highest BCUT2D eigenvalue weighted by Gasteiger charge is 2.09. The fourth-order valence-electron chi connectivity index (χ4n) is 1.80. The average molecular weight is 321 g/mol. The predicted molar refractivity (Wildman–Crippen MR) is 91.7 cm³/mol. The fraction of sp³-hybridized carbons (Fsp3) is 0.529. The minimum absolute atomic E-state index is 0.0824.